The standard InChI is InChI=1S/C20H23FN2O3S/c1-15-3-2-4-19(13-15)27(25,26)23-11-9-17(10-12-23)20(24)22-14-16-5-7-18(21)8-6-16/h2-8,13,17H,9-12,14H2,1H3,(H,22,24). The van der Waals surface area contributed by atoms with Crippen LogP contribution in [0.3, 0.4) is 0 Å². The van der Waals surface area contributed by atoms with E-state index in [0.29, 0.717) is 37.4 Å². The number of aryl methyl sites for hydroxylation is 1. The van der Waals surface area contributed by atoms with Crippen LogP contribution in [0.1, 0.15) is 24.0 Å². The van der Waals surface area contributed by atoms with E-state index in [4.69, 9.17) is 0 Å². The molecule has 1 heterocycles. The number of rotatable bonds is 5. The Morgan fingerprint density at radius 2 is 1.81 bits per heavy atom. The number of nitrogens with one attached hydrogen (secondary N) is 1. The van der Waals surface area contributed by atoms with E-state index < -0.39 is 10.0 Å². The van der Waals surface area contributed by atoms with E-state index in [-0.39, 0.29) is 17.6 Å². The van der Waals surface area contributed by atoms with Crippen molar-refractivity contribution in [1.82, 2.24) is 9.62 Å². The Kier molecular flexibility index (Phi) is 5.92. The summed E-state index contributed by atoms with van der Waals surface area (Å²) in [6, 6.07) is 12.8. The first-order chi connectivity index (χ1) is 12.9. The molecule has 0 bridgehead atoms. The summed E-state index contributed by atoms with van der Waals surface area (Å²) in [4.78, 5) is 12.6. The van der Waals surface area contributed by atoms with Crippen molar-refractivity contribution in [2.24, 2.45) is 5.92 Å². The van der Waals surface area contributed by atoms with Crippen molar-refractivity contribution in [3.8, 4) is 0 Å². The number of carbonyl (C=O) groups is 1. The quantitative estimate of drug-likeness (QED) is 0.854. The summed E-state index contributed by atoms with van der Waals surface area (Å²) in [6.07, 6.45) is 0.973. The van der Waals surface area contributed by atoms with Gasteiger partial charge in [0.1, 0.15) is 5.82 Å². The largest absolute Gasteiger partial charge is 0.352 e. The van der Waals surface area contributed by atoms with Crippen molar-refractivity contribution in [3.05, 3.63) is 65.5 Å². The van der Waals surface area contributed by atoms with Crippen LogP contribution in [0, 0.1) is 18.7 Å². The number of carbonyl (C=O) groups excluding carboxylic acids is 1. The number of benzene rings is 2. The van der Waals surface area contributed by atoms with Crippen LogP contribution >= 0.6 is 0 Å². The number of piperidine rings is 1. The second kappa shape index (κ2) is 8.19. The Labute approximate surface area is 159 Å². The van der Waals surface area contributed by atoms with Gasteiger partial charge in [0.2, 0.25) is 15.9 Å². The minimum Gasteiger partial charge on any atom is -0.352 e. The molecule has 1 aliphatic rings. The van der Waals surface area contributed by atoms with Gasteiger partial charge in [-0.3, -0.25) is 4.79 Å². The van der Waals surface area contributed by atoms with Crippen LogP contribution in [0.4, 0.5) is 4.39 Å². The Bertz CT molecular complexity index is 905. The van der Waals surface area contributed by atoms with Crippen molar-refractivity contribution in [3.63, 3.8) is 0 Å². The van der Waals surface area contributed by atoms with Gasteiger partial charge in [-0.05, 0) is 55.2 Å². The molecule has 0 saturated carbocycles. The molecule has 7 heteroatoms. The molecule has 0 aromatic heterocycles. The molecule has 0 atom stereocenters. The van der Waals surface area contributed by atoms with Gasteiger partial charge in [-0.25, -0.2) is 12.8 Å². The fourth-order valence-corrected chi connectivity index (χ4v) is 4.79. The first-order valence-electron chi connectivity index (χ1n) is 8.95. The van der Waals surface area contributed by atoms with Crippen LogP contribution in [0.25, 0.3) is 0 Å². The molecule has 27 heavy (non-hydrogen) atoms. The van der Waals surface area contributed by atoms with Crippen molar-refractivity contribution >= 4 is 15.9 Å². The SMILES string of the molecule is Cc1cccc(S(=O)(=O)N2CCC(C(=O)NCc3ccc(F)cc3)CC2)c1. The van der Waals surface area contributed by atoms with Crippen molar-refractivity contribution in [2.45, 2.75) is 31.2 Å². The molecule has 0 aliphatic carbocycles. The number of hydrogen-bond acceptors (Lipinski definition) is 3. The third kappa shape index (κ3) is 4.73. The van der Waals surface area contributed by atoms with Gasteiger partial charge >= 0.3 is 0 Å². The van der Waals surface area contributed by atoms with Crippen LogP contribution in [-0.2, 0) is 21.4 Å². The van der Waals surface area contributed by atoms with Gasteiger partial charge in [0.25, 0.3) is 0 Å². The highest BCUT2D eigenvalue weighted by atomic mass is 32.2. The Morgan fingerprint density at radius 1 is 1.15 bits per heavy atom. The van der Waals surface area contributed by atoms with E-state index in [1.807, 2.05) is 13.0 Å². The minimum atomic E-state index is -3.53. The second-order valence-corrected chi connectivity index (χ2v) is 8.78. The average molecular weight is 390 g/mol. The summed E-state index contributed by atoms with van der Waals surface area (Å²) in [6.45, 7) is 2.84. The lowest BCUT2D eigenvalue weighted by atomic mass is 9.97. The molecule has 5 nitrogen and oxygen atoms in total. The van der Waals surface area contributed by atoms with Crippen LogP contribution in [0.2, 0.25) is 0 Å². The van der Waals surface area contributed by atoms with Gasteiger partial charge in [0.05, 0.1) is 4.90 Å². The maximum Gasteiger partial charge on any atom is 0.243 e. The van der Waals surface area contributed by atoms with Crippen molar-refractivity contribution < 1.29 is 17.6 Å². The van der Waals surface area contributed by atoms with Crippen LogP contribution in [-0.4, -0.2) is 31.7 Å². The maximum atomic E-state index is 12.9. The number of sulfonamides is 1. The fourth-order valence-electron chi connectivity index (χ4n) is 3.22. The van der Waals surface area contributed by atoms with Crippen molar-refractivity contribution in [1.29, 1.82) is 0 Å². The predicted octanol–water partition coefficient (Wildman–Crippen LogP) is 2.85. The maximum absolute atomic E-state index is 12.9. The zero-order valence-electron chi connectivity index (χ0n) is 15.2. The molecule has 2 aromatic rings. The van der Waals surface area contributed by atoms with Gasteiger partial charge < -0.3 is 5.32 Å². The lowest BCUT2D eigenvalue weighted by molar-refractivity contribution is -0.126. The molecule has 1 aliphatic heterocycles. The van der Waals surface area contributed by atoms with Crippen LogP contribution in [0.5, 0.6) is 0 Å². The third-order valence-corrected chi connectivity index (χ3v) is 6.73. The number of halogens is 1. The second-order valence-electron chi connectivity index (χ2n) is 6.84. The highest BCUT2D eigenvalue weighted by molar-refractivity contribution is 7.89. The van der Waals surface area contributed by atoms with Crippen LogP contribution in [0.15, 0.2) is 53.4 Å². The lowest BCUT2D eigenvalue weighted by Crippen LogP contribution is -2.42. The predicted molar refractivity (Wildman–Crippen MR) is 101 cm³/mol. The summed E-state index contributed by atoms with van der Waals surface area (Å²) in [5.74, 6) is -0.617. The highest BCUT2D eigenvalue weighted by Gasteiger charge is 2.32. The number of nitrogens with zero attached hydrogens (tertiary/aromatic N) is 1. The van der Waals surface area contributed by atoms with E-state index in [1.165, 1.54) is 16.4 Å². The van der Waals surface area contributed by atoms with Gasteiger partial charge in [0, 0.05) is 25.6 Å². The lowest BCUT2D eigenvalue weighted by Gasteiger charge is -2.30. The smallest absolute Gasteiger partial charge is 0.243 e. The summed E-state index contributed by atoms with van der Waals surface area (Å²) < 4.78 is 39.9. The Hall–Kier alpha value is -2.25. The van der Waals surface area contributed by atoms with Gasteiger partial charge in [-0.2, -0.15) is 4.31 Å². The molecular weight excluding hydrogens is 367 g/mol. The van der Waals surface area contributed by atoms with Crippen LogP contribution < -0.4 is 5.32 Å². The fraction of sp³-hybridized carbons (Fsp3) is 0.350. The minimum absolute atomic E-state index is 0.0908. The Balaban J connectivity index is 1.55. The molecule has 0 spiro atoms. The molecule has 1 amide bonds. The van der Waals surface area contributed by atoms with E-state index in [0.717, 1.165) is 11.1 Å². The van der Waals surface area contributed by atoms with E-state index in [9.17, 15) is 17.6 Å². The molecule has 144 valence electrons. The zero-order chi connectivity index (χ0) is 19.4. The molecule has 1 N–H and O–H groups in total. The summed E-state index contributed by atoms with van der Waals surface area (Å²) in [5.41, 5.74) is 1.72. The first kappa shape index (κ1) is 19.5. The highest BCUT2D eigenvalue weighted by Crippen LogP contribution is 2.24. The Morgan fingerprint density at radius 3 is 2.44 bits per heavy atom. The molecule has 3 rings (SSSR count). The van der Waals surface area contributed by atoms with Gasteiger partial charge in [0.15, 0.2) is 0 Å². The van der Waals surface area contributed by atoms with Crippen molar-refractivity contribution in [2.75, 3.05) is 13.1 Å². The zero-order valence-corrected chi connectivity index (χ0v) is 16.0. The summed E-state index contributed by atoms with van der Waals surface area (Å²) >= 11 is 0. The molecule has 0 unspecified atom stereocenters. The normalized spacial score (nSPS) is 16.2. The molecule has 0 radical (unpaired) electrons. The van der Waals surface area contributed by atoms with E-state index >= 15 is 0 Å². The topological polar surface area (TPSA) is 66.5 Å². The summed E-state index contributed by atoms with van der Waals surface area (Å²) in [7, 11) is -3.53. The number of amides is 1. The monoisotopic (exact) mass is 390 g/mol. The average Bonchev–Trinajstić information content (AvgIpc) is 2.67. The molecular formula is C20H23FN2O3S. The van der Waals surface area contributed by atoms with E-state index in [1.54, 1.807) is 30.3 Å². The molecule has 2 aromatic carbocycles. The molecule has 1 fully saturated rings. The first-order valence-corrected chi connectivity index (χ1v) is 10.4. The molecule has 1 saturated heterocycles. The summed E-state index contributed by atoms with van der Waals surface area (Å²) in [5, 5.41) is 2.85. The van der Waals surface area contributed by atoms with E-state index in [2.05, 4.69) is 5.32 Å². The van der Waals surface area contributed by atoms with Gasteiger partial charge in [-0.1, -0.05) is 24.3 Å². The van der Waals surface area contributed by atoms with Gasteiger partial charge in [-0.15, -0.1) is 0 Å². The third-order valence-electron chi connectivity index (χ3n) is 4.83. The number of hydrogen-bond donors (Lipinski definition) is 1.